The van der Waals surface area contributed by atoms with Gasteiger partial charge < -0.3 is 14.0 Å². The highest BCUT2D eigenvalue weighted by atomic mass is 32.2. The van der Waals surface area contributed by atoms with E-state index < -0.39 is 15.9 Å². The molecule has 8 nitrogen and oxygen atoms in total. The number of hydrogen-bond acceptors (Lipinski definition) is 6. The summed E-state index contributed by atoms with van der Waals surface area (Å²) in [6.45, 7) is 1.18. The van der Waals surface area contributed by atoms with E-state index in [1.54, 1.807) is 4.57 Å². The van der Waals surface area contributed by atoms with Crippen LogP contribution in [0.25, 0.3) is 10.2 Å². The van der Waals surface area contributed by atoms with E-state index in [-0.39, 0.29) is 43.3 Å². The lowest BCUT2D eigenvalue weighted by Gasteiger charge is -2.21. The summed E-state index contributed by atoms with van der Waals surface area (Å²) < 4.78 is 40.1. The fraction of sp³-hybridized carbons (Fsp3) is 0.304. The van der Waals surface area contributed by atoms with Gasteiger partial charge in [0, 0.05) is 32.9 Å². The molecule has 0 atom stereocenters. The summed E-state index contributed by atoms with van der Waals surface area (Å²) in [6, 6.07) is 13.4. The van der Waals surface area contributed by atoms with Gasteiger partial charge in [-0.3, -0.25) is 4.79 Å². The SMILES string of the molecule is C#CCn1c(=NC(=O)c2ccc(S(=O)(=O)N(CCOC)CCOC)cc2)sc2ccccc21. The van der Waals surface area contributed by atoms with Crippen LogP contribution in [0.1, 0.15) is 10.4 Å². The predicted molar refractivity (Wildman–Crippen MR) is 127 cm³/mol. The smallest absolute Gasteiger partial charge is 0.279 e. The zero-order valence-corrected chi connectivity index (χ0v) is 20.1. The van der Waals surface area contributed by atoms with Crippen molar-refractivity contribution in [1.29, 1.82) is 0 Å². The third-order valence-electron chi connectivity index (χ3n) is 4.86. The lowest BCUT2D eigenvalue weighted by molar-refractivity contribution is 0.0998. The van der Waals surface area contributed by atoms with Crippen molar-refractivity contribution < 1.29 is 22.7 Å². The third kappa shape index (κ3) is 5.76. The number of terminal acetylenes is 1. The molecule has 0 aliphatic carbocycles. The summed E-state index contributed by atoms with van der Waals surface area (Å²) in [4.78, 5) is 17.6. The second kappa shape index (κ2) is 11.4. The Labute approximate surface area is 197 Å². The Balaban J connectivity index is 1.90. The average Bonchev–Trinajstić information content (AvgIpc) is 3.16. The monoisotopic (exact) mass is 487 g/mol. The van der Waals surface area contributed by atoms with Crippen molar-refractivity contribution in [1.82, 2.24) is 8.87 Å². The van der Waals surface area contributed by atoms with E-state index >= 15 is 0 Å². The van der Waals surface area contributed by atoms with Gasteiger partial charge in [0.2, 0.25) is 10.0 Å². The topological polar surface area (TPSA) is 90.2 Å². The van der Waals surface area contributed by atoms with E-state index in [2.05, 4.69) is 10.9 Å². The Morgan fingerprint density at radius 1 is 1.09 bits per heavy atom. The van der Waals surface area contributed by atoms with Crippen LogP contribution >= 0.6 is 11.3 Å². The van der Waals surface area contributed by atoms with E-state index in [0.717, 1.165) is 10.2 Å². The first-order valence-electron chi connectivity index (χ1n) is 10.1. The molecule has 3 aromatic rings. The number of fused-ring (bicyclic) bond motifs is 1. The Morgan fingerprint density at radius 3 is 2.33 bits per heavy atom. The van der Waals surface area contributed by atoms with Gasteiger partial charge in [-0.1, -0.05) is 29.4 Å². The molecule has 1 amide bonds. The molecule has 1 heterocycles. The number of rotatable bonds is 10. The van der Waals surface area contributed by atoms with Crippen LogP contribution in [0.5, 0.6) is 0 Å². The van der Waals surface area contributed by atoms with Crippen LogP contribution in [0.3, 0.4) is 0 Å². The number of benzene rings is 2. The number of para-hydroxylation sites is 1. The maximum absolute atomic E-state index is 13.0. The third-order valence-corrected chi connectivity index (χ3v) is 7.84. The van der Waals surface area contributed by atoms with E-state index in [1.165, 1.54) is 54.1 Å². The van der Waals surface area contributed by atoms with Gasteiger partial charge >= 0.3 is 0 Å². The second-order valence-corrected chi connectivity index (χ2v) is 9.92. The predicted octanol–water partition coefficient (Wildman–Crippen LogP) is 2.36. The largest absolute Gasteiger partial charge is 0.383 e. The maximum Gasteiger partial charge on any atom is 0.279 e. The maximum atomic E-state index is 13.0. The standard InChI is InChI=1S/C23H25N3O5S2/c1-4-13-26-20-7-5-6-8-21(20)32-23(26)24-22(27)18-9-11-19(12-10-18)33(28,29)25(14-16-30-2)15-17-31-3/h1,5-12H,13-17H2,2-3H3. The Morgan fingerprint density at radius 2 is 1.73 bits per heavy atom. The highest BCUT2D eigenvalue weighted by molar-refractivity contribution is 7.89. The number of hydrogen-bond donors (Lipinski definition) is 0. The van der Waals surface area contributed by atoms with Crippen LogP contribution in [0.4, 0.5) is 0 Å². The minimum atomic E-state index is -3.77. The van der Waals surface area contributed by atoms with Gasteiger partial charge in [0.15, 0.2) is 4.80 Å². The normalized spacial score (nSPS) is 12.4. The molecule has 0 unspecified atom stereocenters. The van der Waals surface area contributed by atoms with Crippen molar-refractivity contribution in [2.75, 3.05) is 40.5 Å². The van der Waals surface area contributed by atoms with Crippen LogP contribution in [0.2, 0.25) is 0 Å². The first kappa shape index (κ1) is 24.8. The lowest BCUT2D eigenvalue weighted by atomic mass is 10.2. The van der Waals surface area contributed by atoms with Crippen LogP contribution in [-0.4, -0.2) is 63.7 Å². The molecule has 0 radical (unpaired) electrons. The van der Waals surface area contributed by atoms with Gasteiger partial charge in [-0.05, 0) is 36.4 Å². The van der Waals surface area contributed by atoms with Gasteiger partial charge in [0.25, 0.3) is 5.91 Å². The summed E-state index contributed by atoms with van der Waals surface area (Å²) in [7, 11) is -0.753. The molecule has 3 rings (SSSR count). The molecule has 33 heavy (non-hydrogen) atoms. The van der Waals surface area contributed by atoms with Crippen molar-refractivity contribution in [2.24, 2.45) is 4.99 Å². The average molecular weight is 488 g/mol. The van der Waals surface area contributed by atoms with Crippen molar-refractivity contribution >= 4 is 37.5 Å². The number of amides is 1. The number of carbonyl (C=O) groups excluding carboxylic acids is 1. The fourth-order valence-electron chi connectivity index (χ4n) is 3.16. The number of nitrogens with zero attached hydrogens (tertiary/aromatic N) is 3. The zero-order chi connectivity index (χ0) is 23.8. The molecule has 174 valence electrons. The zero-order valence-electron chi connectivity index (χ0n) is 18.4. The minimum absolute atomic E-state index is 0.0792. The van der Waals surface area contributed by atoms with Crippen molar-refractivity contribution in [2.45, 2.75) is 11.4 Å². The number of methoxy groups -OCH3 is 2. The summed E-state index contributed by atoms with van der Waals surface area (Å²) in [5.41, 5.74) is 1.18. The van der Waals surface area contributed by atoms with Crippen molar-refractivity contribution in [3.05, 3.63) is 58.9 Å². The summed E-state index contributed by atoms with van der Waals surface area (Å²) >= 11 is 1.37. The van der Waals surface area contributed by atoms with E-state index in [4.69, 9.17) is 15.9 Å². The van der Waals surface area contributed by atoms with Crippen LogP contribution < -0.4 is 4.80 Å². The summed E-state index contributed by atoms with van der Waals surface area (Å²) in [5, 5.41) is 0. The number of ether oxygens (including phenoxy) is 2. The number of carbonyl (C=O) groups is 1. The molecular weight excluding hydrogens is 462 g/mol. The minimum Gasteiger partial charge on any atom is -0.383 e. The second-order valence-electron chi connectivity index (χ2n) is 6.97. The van der Waals surface area contributed by atoms with Crippen molar-refractivity contribution in [3.63, 3.8) is 0 Å². The van der Waals surface area contributed by atoms with Gasteiger partial charge in [0.1, 0.15) is 0 Å². The Kier molecular flexibility index (Phi) is 8.55. The molecule has 10 heteroatoms. The van der Waals surface area contributed by atoms with E-state index in [9.17, 15) is 13.2 Å². The number of sulfonamides is 1. The molecule has 0 aliphatic heterocycles. The van der Waals surface area contributed by atoms with Gasteiger partial charge in [-0.15, -0.1) is 6.42 Å². The molecule has 0 aliphatic rings. The summed E-state index contributed by atoms with van der Waals surface area (Å²) in [5.74, 6) is 2.11. The first-order chi connectivity index (χ1) is 15.9. The molecule has 0 saturated carbocycles. The molecular formula is C23H25N3O5S2. The number of thiazole rings is 1. The first-order valence-corrected chi connectivity index (χ1v) is 12.4. The Bertz CT molecular complexity index is 1310. The fourth-order valence-corrected chi connectivity index (χ4v) is 5.59. The van der Waals surface area contributed by atoms with Gasteiger partial charge in [-0.2, -0.15) is 9.30 Å². The van der Waals surface area contributed by atoms with Crippen LogP contribution in [0.15, 0.2) is 58.4 Å². The Hall–Kier alpha value is -2.81. The molecule has 2 aromatic carbocycles. The van der Waals surface area contributed by atoms with Crippen LogP contribution in [-0.2, 0) is 26.0 Å². The summed E-state index contributed by atoms with van der Waals surface area (Å²) in [6.07, 6.45) is 5.49. The van der Waals surface area contributed by atoms with Gasteiger partial charge in [-0.25, -0.2) is 8.42 Å². The van der Waals surface area contributed by atoms with E-state index in [0.29, 0.717) is 4.80 Å². The molecule has 0 saturated heterocycles. The lowest BCUT2D eigenvalue weighted by Crippen LogP contribution is -2.36. The number of aromatic nitrogens is 1. The van der Waals surface area contributed by atoms with Crippen molar-refractivity contribution in [3.8, 4) is 12.3 Å². The molecule has 0 spiro atoms. The molecule has 0 fully saturated rings. The van der Waals surface area contributed by atoms with Gasteiger partial charge in [0.05, 0.1) is 34.9 Å². The van der Waals surface area contributed by atoms with Crippen LogP contribution in [0, 0.1) is 12.3 Å². The van der Waals surface area contributed by atoms with E-state index in [1.807, 2.05) is 24.3 Å². The molecule has 0 N–H and O–H groups in total. The highest BCUT2D eigenvalue weighted by Crippen LogP contribution is 2.18. The highest BCUT2D eigenvalue weighted by Gasteiger charge is 2.24. The molecule has 1 aromatic heterocycles. The molecule has 0 bridgehead atoms. The quantitative estimate of drug-likeness (QED) is 0.410.